The van der Waals surface area contributed by atoms with E-state index in [1.165, 1.54) is 17.3 Å². The highest BCUT2D eigenvalue weighted by molar-refractivity contribution is 8.14. The van der Waals surface area contributed by atoms with E-state index in [0.29, 0.717) is 0 Å². The monoisotopic (exact) mass is 417 g/mol. The number of carbonyl (C=O) groups is 1. The molecule has 0 atom stereocenters. The summed E-state index contributed by atoms with van der Waals surface area (Å²) in [5.74, 6) is 0.247. The predicted molar refractivity (Wildman–Crippen MR) is 128 cm³/mol. The molecule has 0 heterocycles. The molecule has 0 unspecified atom stereocenters. The lowest BCUT2D eigenvalue weighted by Crippen LogP contribution is -2.26. The Kier molecular flexibility index (Phi) is 7.69. The van der Waals surface area contributed by atoms with Crippen LogP contribution in [-0.2, 0) is 11.3 Å². The second-order valence-corrected chi connectivity index (χ2v) is 8.23. The molecule has 3 aromatic carbocycles. The van der Waals surface area contributed by atoms with Crippen LogP contribution in [0.25, 0.3) is 0 Å². The summed E-state index contributed by atoms with van der Waals surface area (Å²) in [5.41, 5.74) is 5.16. The molecule has 4 nitrogen and oxygen atoms in total. The Balaban J connectivity index is 1.70. The molecule has 0 radical (unpaired) electrons. The number of rotatable bonds is 6. The summed E-state index contributed by atoms with van der Waals surface area (Å²) in [6, 6.07) is 26.1. The maximum absolute atomic E-state index is 12.6. The van der Waals surface area contributed by atoms with Crippen LogP contribution in [-0.4, -0.2) is 28.8 Å². The zero-order chi connectivity index (χ0) is 21.3. The summed E-state index contributed by atoms with van der Waals surface area (Å²) in [7, 11) is 2.00. The smallest absolute Gasteiger partial charge is 0.234 e. The number of thioether (sulfide) groups is 1. The molecular formula is C25H27N3OS. The Labute approximate surface area is 183 Å². The first kappa shape index (κ1) is 21.7. The molecular weight excluding hydrogens is 390 g/mol. The van der Waals surface area contributed by atoms with Gasteiger partial charge in [-0.3, -0.25) is 4.79 Å². The maximum atomic E-state index is 12.6. The zero-order valence-corrected chi connectivity index (χ0v) is 18.4. The number of carbonyl (C=O) groups excluding carboxylic acids is 1. The van der Waals surface area contributed by atoms with Crippen molar-refractivity contribution in [2.45, 2.75) is 20.4 Å². The molecule has 0 aliphatic heterocycles. The fraction of sp³-hybridized carbons (Fsp3) is 0.200. The van der Waals surface area contributed by atoms with Gasteiger partial charge in [0.15, 0.2) is 5.17 Å². The van der Waals surface area contributed by atoms with Crippen molar-refractivity contribution in [1.82, 2.24) is 4.90 Å². The van der Waals surface area contributed by atoms with E-state index < -0.39 is 0 Å². The van der Waals surface area contributed by atoms with Gasteiger partial charge in [0.25, 0.3) is 0 Å². The number of para-hydroxylation sites is 1. The SMILES string of the molecule is Cc1cc(C)cc(NC(=O)CSC(=Nc2ccccc2)N(C)Cc2ccccc2)c1. The van der Waals surface area contributed by atoms with Crippen molar-refractivity contribution in [3.63, 3.8) is 0 Å². The number of benzene rings is 3. The van der Waals surface area contributed by atoms with Crippen LogP contribution in [0.5, 0.6) is 0 Å². The van der Waals surface area contributed by atoms with E-state index in [9.17, 15) is 4.79 Å². The highest BCUT2D eigenvalue weighted by Gasteiger charge is 2.12. The van der Waals surface area contributed by atoms with Crippen LogP contribution in [0.15, 0.2) is 83.9 Å². The molecule has 0 fully saturated rings. The number of aliphatic imine (C=N–C) groups is 1. The van der Waals surface area contributed by atoms with Gasteiger partial charge in [-0.15, -0.1) is 0 Å². The third kappa shape index (κ3) is 6.78. The van der Waals surface area contributed by atoms with Crippen LogP contribution in [0.2, 0.25) is 0 Å². The highest BCUT2D eigenvalue weighted by atomic mass is 32.2. The quantitative estimate of drug-likeness (QED) is 0.407. The van der Waals surface area contributed by atoms with Gasteiger partial charge in [0, 0.05) is 19.3 Å². The molecule has 0 spiro atoms. The molecule has 154 valence electrons. The molecule has 0 saturated heterocycles. The lowest BCUT2D eigenvalue weighted by atomic mass is 10.1. The first-order valence-electron chi connectivity index (χ1n) is 9.89. The predicted octanol–water partition coefficient (Wildman–Crippen LogP) is 5.79. The van der Waals surface area contributed by atoms with E-state index in [2.05, 4.69) is 28.4 Å². The first-order chi connectivity index (χ1) is 14.5. The minimum absolute atomic E-state index is 0.0427. The summed E-state index contributed by atoms with van der Waals surface area (Å²) in [4.78, 5) is 19.4. The summed E-state index contributed by atoms with van der Waals surface area (Å²) in [6.45, 7) is 4.78. The topological polar surface area (TPSA) is 44.7 Å². The summed E-state index contributed by atoms with van der Waals surface area (Å²) < 4.78 is 0. The van der Waals surface area contributed by atoms with Crippen LogP contribution >= 0.6 is 11.8 Å². The van der Waals surface area contributed by atoms with E-state index in [1.54, 1.807) is 0 Å². The van der Waals surface area contributed by atoms with Crippen molar-refractivity contribution >= 4 is 34.2 Å². The minimum Gasteiger partial charge on any atom is -0.350 e. The van der Waals surface area contributed by atoms with Crippen LogP contribution < -0.4 is 5.32 Å². The Hall–Kier alpha value is -3.05. The zero-order valence-electron chi connectivity index (χ0n) is 17.6. The summed E-state index contributed by atoms with van der Waals surface area (Å²) in [6.07, 6.45) is 0. The fourth-order valence-electron chi connectivity index (χ4n) is 3.14. The lowest BCUT2D eigenvalue weighted by molar-refractivity contribution is -0.113. The Bertz CT molecular complexity index is 983. The molecule has 0 aliphatic carbocycles. The van der Waals surface area contributed by atoms with Crippen LogP contribution in [0.1, 0.15) is 16.7 Å². The van der Waals surface area contributed by atoms with Gasteiger partial charge < -0.3 is 10.2 Å². The first-order valence-corrected chi connectivity index (χ1v) is 10.9. The Morgan fingerprint density at radius 2 is 1.53 bits per heavy atom. The molecule has 5 heteroatoms. The fourth-order valence-corrected chi connectivity index (χ4v) is 3.93. The molecule has 0 saturated carbocycles. The summed E-state index contributed by atoms with van der Waals surface area (Å²) >= 11 is 1.44. The van der Waals surface area contributed by atoms with E-state index in [4.69, 9.17) is 4.99 Å². The van der Waals surface area contributed by atoms with E-state index in [1.807, 2.05) is 81.6 Å². The maximum Gasteiger partial charge on any atom is 0.234 e. The lowest BCUT2D eigenvalue weighted by Gasteiger charge is -2.21. The number of aryl methyl sites for hydroxylation is 2. The standard InChI is InChI=1S/C25H27N3OS/c1-19-14-20(2)16-23(15-19)26-24(29)18-30-25(27-22-12-8-5-9-13-22)28(3)17-21-10-6-4-7-11-21/h4-16H,17-18H2,1-3H3,(H,26,29). The molecule has 1 amide bonds. The second kappa shape index (κ2) is 10.6. The average molecular weight is 418 g/mol. The van der Waals surface area contributed by atoms with E-state index in [-0.39, 0.29) is 11.7 Å². The van der Waals surface area contributed by atoms with Gasteiger partial charge in [-0.2, -0.15) is 0 Å². The molecule has 0 bridgehead atoms. The van der Waals surface area contributed by atoms with Crippen molar-refractivity contribution in [1.29, 1.82) is 0 Å². The number of amides is 1. The Morgan fingerprint density at radius 1 is 0.933 bits per heavy atom. The summed E-state index contributed by atoms with van der Waals surface area (Å²) in [5, 5.41) is 3.80. The van der Waals surface area contributed by atoms with Gasteiger partial charge in [-0.05, 0) is 54.8 Å². The van der Waals surface area contributed by atoms with Gasteiger partial charge in [-0.1, -0.05) is 66.4 Å². The Morgan fingerprint density at radius 3 is 2.17 bits per heavy atom. The molecule has 30 heavy (non-hydrogen) atoms. The minimum atomic E-state index is -0.0427. The highest BCUT2D eigenvalue weighted by Crippen LogP contribution is 2.19. The normalized spacial score (nSPS) is 11.2. The van der Waals surface area contributed by atoms with Crippen molar-refractivity contribution in [2.24, 2.45) is 4.99 Å². The van der Waals surface area contributed by atoms with Crippen molar-refractivity contribution < 1.29 is 4.79 Å². The van der Waals surface area contributed by atoms with Gasteiger partial charge >= 0.3 is 0 Å². The van der Waals surface area contributed by atoms with E-state index in [0.717, 1.165) is 34.2 Å². The number of hydrogen-bond acceptors (Lipinski definition) is 3. The number of hydrogen-bond donors (Lipinski definition) is 1. The molecule has 3 aromatic rings. The number of nitrogens with one attached hydrogen (secondary N) is 1. The third-order valence-electron chi connectivity index (χ3n) is 4.41. The molecule has 0 aliphatic rings. The largest absolute Gasteiger partial charge is 0.350 e. The third-order valence-corrected chi connectivity index (χ3v) is 5.48. The second-order valence-electron chi connectivity index (χ2n) is 7.28. The number of anilines is 1. The van der Waals surface area contributed by atoms with Crippen molar-refractivity contribution in [2.75, 3.05) is 18.1 Å². The van der Waals surface area contributed by atoms with Gasteiger partial charge in [0.1, 0.15) is 0 Å². The molecule has 3 rings (SSSR count). The van der Waals surface area contributed by atoms with E-state index >= 15 is 0 Å². The average Bonchev–Trinajstić information content (AvgIpc) is 2.71. The van der Waals surface area contributed by atoms with Crippen LogP contribution in [0.3, 0.4) is 0 Å². The molecule has 1 N–H and O–H groups in total. The number of nitrogens with zero attached hydrogens (tertiary/aromatic N) is 2. The van der Waals surface area contributed by atoms with Crippen molar-refractivity contribution in [3.8, 4) is 0 Å². The molecule has 0 aromatic heterocycles. The number of amidine groups is 1. The van der Waals surface area contributed by atoms with Crippen LogP contribution in [0.4, 0.5) is 11.4 Å². The van der Waals surface area contributed by atoms with Gasteiger partial charge in [0.2, 0.25) is 5.91 Å². The van der Waals surface area contributed by atoms with Gasteiger partial charge in [0.05, 0.1) is 11.4 Å². The van der Waals surface area contributed by atoms with Gasteiger partial charge in [-0.25, -0.2) is 4.99 Å². The van der Waals surface area contributed by atoms with Crippen LogP contribution in [0, 0.1) is 13.8 Å². The van der Waals surface area contributed by atoms with Crippen molar-refractivity contribution in [3.05, 3.63) is 95.6 Å².